The molecule has 5 aromatic rings. The molecular formula is C50H60BrF2N10O5P. The Morgan fingerprint density at radius 2 is 1.65 bits per heavy atom. The molecule has 5 heterocycles. The van der Waals surface area contributed by atoms with E-state index in [2.05, 4.69) is 76.0 Å². The predicted octanol–water partition coefficient (Wildman–Crippen LogP) is 8.45. The Hall–Kier alpha value is -5.71. The predicted molar refractivity (Wildman–Crippen MR) is 271 cm³/mol. The van der Waals surface area contributed by atoms with Crippen LogP contribution < -0.4 is 36.2 Å². The second-order valence-corrected chi connectivity index (χ2v) is 23.2. The molecule has 2 aromatic heterocycles. The second-order valence-electron chi connectivity index (χ2n) is 19.1. The summed E-state index contributed by atoms with van der Waals surface area (Å²) < 4.78 is 50.6. The summed E-state index contributed by atoms with van der Waals surface area (Å²) in [6.07, 6.45) is 4.45. The third kappa shape index (κ3) is 10.9. The summed E-state index contributed by atoms with van der Waals surface area (Å²) in [5.41, 5.74) is 4.31. The number of pyridine rings is 1. The van der Waals surface area contributed by atoms with Gasteiger partial charge < -0.3 is 35.1 Å². The molecule has 3 aliphatic heterocycles. The lowest BCUT2D eigenvalue weighted by atomic mass is 9.89. The average Bonchev–Trinajstić information content (AvgIpc) is 3.31. The van der Waals surface area contributed by atoms with E-state index in [1.54, 1.807) is 26.6 Å². The topological polar surface area (TPSA) is 174 Å². The number of nitrogens with one attached hydrogen (secondary N) is 4. The number of amides is 3. The van der Waals surface area contributed by atoms with E-state index in [1.807, 2.05) is 49.9 Å². The lowest BCUT2D eigenvalue weighted by Gasteiger charge is -2.44. The van der Waals surface area contributed by atoms with Crippen LogP contribution in [0.5, 0.6) is 5.75 Å². The normalized spacial score (nSPS) is 17.5. The number of carbonyl (C=O) groups is 3. The zero-order valence-electron chi connectivity index (χ0n) is 40.1. The number of ether oxygens (including phenoxy) is 1. The number of halogens is 3. The standard InChI is InChI=1S/C50H60BrF2N10O5P/c1-8-30-23-40(58-49-54-27-35(51)46(60-49)57-39-13-12-38-33(10-9-29(2)56-38)45(39)69(6,7)67)42(68-5)26-41(30)62-17-15-32(16-18-62)61-19-21-63(22-20-61)48(66)50(3,4)28-55-31-24-36(52)44(37(53)25-31)34-11-14-43(64)59-47(34)65/h9-10,12-13,23-27,32,34,55H,8,11,14-22,28H2,1-7H3,(H,59,64,65)(H2,54,57,58,60). The summed E-state index contributed by atoms with van der Waals surface area (Å²) in [5, 5.41) is 13.5. The van der Waals surface area contributed by atoms with Gasteiger partial charge >= 0.3 is 0 Å². The maximum Gasteiger partial charge on any atom is 0.234 e. The number of piperazine rings is 1. The zero-order chi connectivity index (χ0) is 49.4. The van der Waals surface area contributed by atoms with E-state index >= 15 is 8.78 Å². The summed E-state index contributed by atoms with van der Waals surface area (Å²) in [5.74, 6) is -2.52. The zero-order valence-corrected chi connectivity index (χ0v) is 42.6. The Labute approximate surface area is 410 Å². The molecule has 4 N–H and O–H groups in total. The molecule has 0 radical (unpaired) electrons. The Morgan fingerprint density at radius 1 is 0.942 bits per heavy atom. The van der Waals surface area contributed by atoms with E-state index in [0.29, 0.717) is 52.1 Å². The largest absolute Gasteiger partial charge is 0.494 e. The van der Waals surface area contributed by atoms with Crippen molar-refractivity contribution in [3.63, 3.8) is 0 Å². The van der Waals surface area contributed by atoms with Crippen molar-refractivity contribution < 1.29 is 32.5 Å². The highest BCUT2D eigenvalue weighted by Crippen LogP contribution is 2.43. The van der Waals surface area contributed by atoms with Crippen LogP contribution in [-0.2, 0) is 25.4 Å². The molecule has 69 heavy (non-hydrogen) atoms. The summed E-state index contributed by atoms with van der Waals surface area (Å²) in [4.78, 5) is 58.5. The minimum absolute atomic E-state index is 0.0109. The Kier molecular flexibility index (Phi) is 14.6. The SMILES string of the molecule is CCc1cc(Nc2ncc(Br)c(Nc3ccc4nc(C)ccc4c3P(C)(C)=O)n2)c(OC)cc1N1CCC(N2CCN(C(=O)C(C)(C)CNc3cc(F)c(C4CCC(=O)NC4=O)c(F)c3)CC2)CC1. The van der Waals surface area contributed by atoms with Gasteiger partial charge in [0.15, 0.2) is 0 Å². The summed E-state index contributed by atoms with van der Waals surface area (Å²) in [6.45, 7) is 15.8. The van der Waals surface area contributed by atoms with Gasteiger partial charge in [-0.05, 0) is 118 Å². The number of imide groups is 1. The van der Waals surface area contributed by atoms with Crippen LogP contribution in [0.2, 0.25) is 0 Å². The van der Waals surface area contributed by atoms with Crippen molar-refractivity contribution >= 4 is 91.5 Å². The average molecular weight is 1030 g/mol. The molecule has 15 nitrogen and oxygen atoms in total. The first kappa shape index (κ1) is 49.7. The van der Waals surface area contributed by atoms with Crippen LogP contribution in [0.4, 0.5) is 43.3 Å². The molecule has 366 valence electrons. The fourth-order valence-corrected chi connectivity index (χ4v) is 11.5. The van der Waals surface area contributed by atoms with Gasteiger partial charge in [0.05, 0.1) is 39.8 Å². The molecule has 3 saturated heterocycles. The first-order valence-electron chi connectivity index (χ1n) is 23.4. The fourth-order valence-electron chi connectivity index (χ4n) is 9.77. The van der Waals surface area contributed by atoms with E-state index in [4.69, 9.17) is 9.72 Å². The van der Waals surface area contributed by atoms with Gasteiger partial charge in [-0.25, -0.2) is 13.8 Å². The molecule has 1 atom stereocenters. The van der Waals surface area contributed by atoms with E-state index in [0.717, 1.165) is 91.1 Å². The van der Waals surface area contributed by atoms with Gasteiger partial charge in [0, 0.05) is 104 Å². The van der Waals surface area contributed by atoms with Gasteiger partial charge in [-0.15, -0.1) is 0 Å². The van der Waals surface area contributed by atoms with Crippen molar-refractivity contribution in [3.05, 3.63) is 87.7 Å². The quantitative estimate of drug-likeness (QED) is 0.0617. The van der Waals surface area contributed by atoms with Crippen molar-refractivity contribution in [1.29, 1.82) is 0 Å². The third-order valence-corrected chi connectivity index (χ3v) is 15.6. The van der Waals surface area contributed by atoms with Gasteiger partial charge in [-0.3, -0.25) is 29.6 Å². The summed E-state index contributed by atoms with van der Waals surface area (Å²) >= 11 is 3.61. The number of piperidine rings is 2. The van der Waals surface area contributed by atoms with E-state index in [-0.39, 0.29) is 36.5 Å². The number of carbonyl (C=O) groups excluding carboxylic acids is 3. The van der Waals surface area contributed by atoms with Crippen molar-refractivity contribution in [2.75, 3.05) is 87.1 Å². The Bertz CT molecular complexity index is 2820. The van der Waals surface area contributed by atoms with Gasteiger partial charge in [-0.2, -0.15) is 4.98 Å². The first-order valence-corrected chi connectivity index (χ1v) is 26.8. The number of benzene rings is 3. The Morgan fingerprint density at radius 3 is 2.30 bits per heavy atom. The van der Waals surface area contributed by atoms with E-state index < -0.39 is 41.9 Å². The number of aromatic nitrogens is 3. The molecular weight excluding hydrogens is 969 g/mol. The molecule has 3 aromatic carbocycles. The maximum absolute atomic E-state index is 15.2. The van der Waals surface area contributed by atoms with Crippen molar-refractivity contribution in [1.82, 2.24) is 30.1 Å². The van der Waals surface area contributed by atoms with Crippen molar-refractivity contribution in [2.45, 2.75) is 71.8 Å². The molecule has 3 fully saturated rings. The fraction of sp³-hybridized carbons (Fsp3) is 0.440. The minimum atomic E-state index is -2.75. The number of hydrogen-bond donors (Lipinski definition) is 4. The molecule has 0 saturated carbocycles. The molecule has 1 unspecified atom stereocenters. The number of nitrogens with zero attached hydrogens (tertiary/aromatic N) is 6. The highest BCUT2D eigenvalue weighted by atomic mass is 79.9. The number of rotatable bonds is 14. The minimum Gasteiger partial charge on any atom is -0.494 e. The molecule has 0 aliphatic carbocycles. The van der Waals surface area contributed by atoms with Crippen LogP contribution in [0.1, 0.15) is 69.2 Å². The number of hydrogen-bond acceptors (Lipinski definition) is 13. The Balaban J connectivity index is 0.863. The van der Waals surface area contributed by atoms with E-state index in [9.17, 15) is 18.9 Å². The smallest absolute Gasteiger partial charge is 0.234 e. The number of anilines is 6. The molecule has 3 amide bonds. The van der Waals surface area contributed by atoms with Crippen molar-refractivity contribution in [2.24, 2.45) is 5.41 Å². The first-order chi connectivity index (χ1) is 32.8. The van der Waals surface area contributed by atoms with Gasteiger partial charge in [0.1, 0.15) is 30.3 Å². The number of methoxy groups -OCH3 is 1. The molecule has 19 heteroatoms. The molecule has 8 rings (SSSR count). The second kappa shape index (κ2) is 20.3. The highest BCUT2D eigenvalue weighted by Gasteiger charge is 2.37. The number of aryl methyl sites for hydroxylation is 2. The highest BCUT2D eigenvalue weighted by molar-refractivity contribution is 9.10. The van der Waals surface area contributed by atoms with Crippen LogP contribution in [0.25, 0.3) is 10.9 Å². The van der Waals surface area contributed by atoms with E-state index in [1.165, 1.54) is 0 Å². The third-order valence-electron chi connectivity index (χ3n) is 13.4. The monoisotopic (exact) mass is 1030 g/mol. The number of fused-ring (bicyclic) bond motifs is 1. The van der Waals surface area contributed by atoms with Crippen LogP contribution in [0.15, 0.2) is 59.2 Å². The summed E-state index contributed by atoms with van der Waals surface area (Å²) in [6, 6.07) is 14.5. The van der Waals surface area contributed by atoms with Crippen LogP contribution >= 0.6 is 23.1 Å². The van der Waals surface area contributed by atoms with Crippen LogP contribution in [-0.4, -0.2) is 115 Å². The molecule has 0 bridgehead atoms. The molecule has 3 aliphatic rings. The van der Waals surface area contributed by atoms with Crippen molar-refractivity contribution in [3.8, 4) is 5.75 Å². The van der Waals surface area contributed by atoms with Gasteiger partial charge in [0.2, 0.25) is 23.7 Å². The maximum atomic E-state index is 15.2. The lowest BCUT2D eigenvalue weighted by Crippen LogP contribution is -2.56. The summed E-state index contributed by atoms with van der Waals surface area (Å²) in [7, 11) is -1.10. The van der Waals surface area contributed by atoms with Crippen LogP contribution in [0.3, 0.4) is 0 Å². The van der Waals surface area contributed by atoms with Crippen LogP contribution in [0, 0.1) is 24.0 Å². The van der Waals surface area contributed by atoms with Gasteiger partial charge in [0.25, 0.3) is 0 Å². The van der Waals surface area contributed by atoms with Gasteiger partial charge in [-0.1, -0.05) is 13.0 Å². The lowest BCUT2D eigenvalue weighted by molar-refractivity contribution is -0.142. The molecule has 0 spiro atoms.